The molecule has 4 rings (SSSR count). The van der Waals surface area contributed by atoms with Gasteiger partial charge in [0.15, 0.2) is 5.65 Å². The highest BCUT2D eigenvalue weighted by atomic mass is 35.5. The maximum absolute atomic E-state index is 6.03. The molecule has 6 heteroatoms. The third-order valence-corrected chi connectivity index (χ3v) is 4.76. The van der Waals surface area contributed by atoms with E-state index >= 15 is 0 Å². The van der Waals surface area contributed by atoms with Crippen molar-refractivity contribution >= 4 is 28.7 Å². The first-order chi connectivity index (χ1) is 11.7. The van der Waals surface area contributed by atoms with Gasteiger partial charge in [0.05, 0.1) is 5.02 Å². The molecule has 2 aromatic heterocycles. The molecular weight excluding hydrogens is 322 g/mol. The van der Waals surface area contributed by atoms with Gasteiger partial charge in [-0.05, 0) is 11.6 Å². The molecule has 0 saturated carbocycles. The van der Waals surface area contributed by atoms with E-state index in [1.54, 1.807) is 6.20 Å². The first kappa shape index (κ1) is 15.4. The van der Waals surface area contributed by atoms with Crippen molar-refractivity contribution < 1.29 is 0 Å². The fraction of sp³-hybridized carbons (Fsp3) is 0.333. The van der Waals surface area contributed by atoms with E-state index < -0.39 is 0 Å². The van der Waals surface area contributed by atoms with Gasteiger partial charge in [0, 0.05) is 46.0 Å². The molecule has 0 spiro atoms. The molecule has 1 aliphatic rings. The smallest absolute Gasteiger partial charge is 0.207 e. The summed E-state index contributed by atoms with van der Waals surface area (Å²) in [6, 6.07) is 12.5. The Labute approximate surface area is 146 Å². The molecule has 3 aromatic rings. The Morgan fingerprint density at radius 3 is 2.58 bits per heavy atom. The average Bonchev–Trinajstić information content (AvgIpc) is 2.92. The molecule has 3 heterocycles. The number of aryl methyl sites for hydroxylation is 1. The van der Waals surface area contributed by atoms with Crippen LogP contribution in [0.5, 0.6) is 0 Å². The third kappa shape index (κ3) is 2.97. The monoisotopic (exact) mass is 341 g/mol. The molecule has 0 radical (unpaired) electrons. The van der Waals surface area contributed by atoms with Crippen LogP contribution in [-0.4, -0.2) is 45.6 Å². The maximum Gasteiger partial charge on any atom is 0.207 e. The minimum absolute atomic E-state index is 0.625. The van der Waals surface area contributed by atoms with Crippen molar-refractivity contribution in [2.24, 2.45) is 7.05 Å². The highest BCUT2D eigenvalue weighted by Gasteiger charge is 2.21. The van der Waals surface area contributed by atoms with E-state index in [-0.39, 0.29) is 0 Å². The van der Waals surface area contributed by atoms with E-state index in [1.165, 1.54) is 5.56 Å². The summed E-state index contributed by atoms with van der Waals surface area (Å²) in [6.07, 6.45) is 1.67. The third-order valence-electron chi connectivity index (χ3n) is 4.56. The van der Waals surface area contributed by atoms with Gasteiger partial charge in [0.2, 0.25) is 5.95 Å². The molecule has 1 fully saturated rings. The fourth-order valence-corrected chi connectivity index (χ4v) is 3.42. The normalized spacial score (nSPS) is 16.0. The number of halogens is 1. The number of fused-ring (bicyclic) bond motifs is 1. The van der Waals surface area contributed by atoms with Crippen LogP contribution in [0.15, 0.2) is 42.6 Å². The number of rotatable bonds is 3. The van der Waals surface area contributed by atoms with Crippen molar-refractivity contribution in [3.8, 4) is 0 Å². The van der Waals surface area contributed by atoms with E-state index in [1.807, 2.05) is 13.1 Å². The average molecular weight is 342 g/mol. The molecule has 1 aliphatic heterocycles. The zero-order chi connectivity index (χ0) is 16.5. The van der Waals surface area contributed by atoms with Crippen molar-refractivity contribution in [3.63, 3.8) is 0 Å². The lowest BCUT2D eigenvalue weighted by Gasteiger charge is -2.35. The van der Waals surface area contributed by atoms with Gasteiger partial charge < -0.3 is 4.90 Å². The molecule has 5 nitrogen and oxygen atoms in total. The predicted octanol–water partition coefficient (Wildman–Crippen LogP) is 2.94. The Morgan fingerprint density at radius 2 is 1.83 bits per heavy atom. The van der Waals surface area contributed by atoms with Crippen LogP contribution in [0.2, 0.25) is 5.02 Å². The molecule has 124 valence electrons. The van der Waals surface area contributed by atoms with Gasteiger partial charge in [-0.2, -0.15) is 0 Å². The molecule has 0 unspecified atom stereocenters. The molecule has 0 atom stereocenters. The Kier molecular flexibility index (Phi) is 4.12. The largest absolute Gasteiger partial charge is 0.340 e. The minimum Gasteiger partial charge on any atom is -0.340 e. The van der Waals surface area contributed by atoms with Gasteiger partial charge >= 0.3 is 0 Å². The van der Waals surface area contributed by atoms with Gasteiger partial charge in [-0.15, -0.1) is 0 Å². The standard InChI is InChI=1S/C18H20ClN5/c1-22-17-16(11-15(19)12-20-17)21-18(22)24-9-7-23(8-10-24)13-14-5-3-2-4-6-14/h2-6,11-12H,7-10,13H2,1H3. The number of piperazine rings is 1. The molecule has 0 N–H and O–H groups in total. The van der Waals surface area contributed by atoms with Crippen LogP contribution in [0, 0.1) is 0 Å². The highest BCUT2D eigenvalue weighted by molar-refractivity contribution is 6.31. The van der Waals surface area contributed by atoms with E-state index in [0.29, 0.717) is 5.02 Å². The number of imidazole rings is 1. The maximum atomic E-state index is 6.03. The molecule has 0 amide bonds. The predicted molar refractivity (Wildman–Crippen MR) is 97.5 cm³/mol. The molecule has 1 aromatic carbocycles. The van der Waals surface area contributed by atoms with Crippen molar-refractivity contribution in [2.75, 3.05) is 31.1 Å². The van der Waals surface area contributed by atoms with Crippen molar-refractivity contribution in [1.82, 2.24) is 19.4 Å². The summed E-state index contributed by atoms with van der Waals surface area (Å²) in [6.45, 7) is 5.02. The van der Waals surface area contributed by atoms with Crippen molar-refractivity contribution in [3.05, 3.63) is 53.2 Å². The minimum atomic E-state index is 0.625. The molecule has 0 aliphatic carbocycles. The SMILES string of the molecule is Cn1c(N2CCN(Cc3ccccc3)CC2)nc2cc(Cl)cnc21. The van der Waals surface area contributed by atoms with Crippen molar-refractivity contribution in [2.45, 2.75) is 6.54 Å². The zero-order valence-corrected chi connectivity index (χ0v) is 14.4. The first-order valence-electron chi connectivity index (χ1n) is 8.20. The number of benzene rings is 1. The Hall–Kier alpha value is -2.11. The lowest BCUT2D eigenvalue weighted by Crippen LogP contribution is -2.46. The highest BCUT2D eigenvalue weighted by Crippen LogP contribution is 2.23. The van der Waals surface area contributed by atoms with Crippen LogP contribution < -0.4 is 4.90 Å². The van der Waals surface area contributed by atoms with Crippen LogP contribution in [-0.2, 0) is 13.6 Å². The van der Waals surface area contributed by atoms with Crippen LogP contribution in [0.3, 0.4) is 0 Å². The summed E-state index contributed by atoms with van der Waals surface area (Å²) in [7, 11) is 2.02. The summed E-state index contributed by atoms with van der Waals surface area (Å²) in [5, 5.41) is 0.625. The quantitative estimate of drug-likeness (QED) is 0.734. The van der Waals surface area contributed by atoms with Gasteiger partial charge in [-0.3, -0.25) is 9.47 Å². The number of nitrogens with zero attached hydrogens (tertiary/aromatic N) is 5. The Morgan fingerprint density at radius 1 is 1.08 bits per heavy atom. The summed E-state index contributed by atoms with van der Waals surface area (Å²) in [4.78, 5) is 13.9. The summed E-state index contributed by atoms with van der Waals surface area (Å²) in [5.74, 6) is 0.971. The van der Waals surface area contributed by atoms with Gasteiger partial charge in [0.25, 0.3) is 0 Å². The topological polar surface area (TPSA) is 37.2 Å². The van der Waals surface area contributed by atoms with Gasteiger partial charge in [0.1, 0.15) is 5.52 Å². The second-order valence-corrected chi connectivity index (χ2v) is 6.65. The lowest BCUT2D eigenvalue weighted by molar-refractivity contribution is 0.248. The number of anilines is 1. The molecule has 24 heavy (non-hydrogen) atoms. The van der Waals surface area contributed by atoms with Crippen molar-refractivity contribution in [1.29, 1.82) is 0 Å². The number of pyridine rings is 1. The summed E-state index contributed by atoms with van der Waals surface area (Å²) >= 11 is 6.03. The zero-order valence-electron chi connectivity index (χ0n) is 13.7. The second kappa shape index (κ2) is 6.42. The second-order valence-electron chi connectivity index (χ2n) is 6.22. The molecule has 1 saturated heterocycles. The molecular formula is C18H20ClN5. The van der Waals surface area contributed by atoms with E-state index in [2.05, 4.69) is 49.7 Å². The number of aromatic nitrogens is 3. The summed E-state index contributed by atoms with van der Waals surface area (Å²) < 4.78 is 2.05. The Balaban J connectivity index is 1.47. The fourth-order valence-electron chi connectivity index (χ4n) is 3.27. The lowest BCUT2D eigenvalue weighted by atomic mass is 10.2. The van der Waals surface area contributed by atoms with Crippen LogP contribution in [0.1, 0.15) is 5.56 Å². The van der Waals surface area contributed by atoms with Gasteiger partial charge in [-0.25, -0.2) is 9.97 Å². The van der Waals surface area contributed by atoms with E-state index in [0.717, 1.165) is 49.8 Å². The van der Waals surface area contributed by atoms with E-state index in [9.17, 15) is 0 Å². The van der Waals surface area contributed by atoms with Crippen LogP contribution >= 0.6 is 11.6 Å². The van der Waals surface area contributed by atoms with E-state index in [4.69, 9.17) is 16.6 Å². The van der Waals surface area contributed by atoms with Crippen LogP contribution in [0.4, 0.5) is 5.95 Å². The van der Waals surface area contributed by atoms with Crippen LogP contribution in [0.25, 0.3) is 11.2 Å². The number of hydrogen-bond acceptors (Lipinski definition) is 4. The number of hydrogen-bond donors (Lipinski definition) is 0. The van der Waals surface area contributed by atoms with Gasteiger partial charge in [-0.1, -0.05) is 41.9 Å². The Bertz CT molecular complexity index is 837. The first-order valence-corrected chi connectivity index (χ1v) is 8.58. The molecule has 0 bridgehead atoms. The summed E-state index contributed by atoms with van der Waals surface area (Å²) in [5.41, 5.74) is 3.10.